The molecule has 1 aromatic rings. The van der Waals surface area contributed by atoms with Crippen molar-refractivity contribution in [1.29, 1.82) is 0 Å². The molecule has 0 fully saturated rings. The van der Waals surface area contributed by atoms with Gasteiger partial charge in [0.2, 0.25) is 0 Å². The maximum absolute atomic E-state index is 11.4. The first kappa shape index (κ1) is 15.5. The van der Waals surface area contributed by atoms with Crippen LogP contribution in [0.4, 0.5) is 0 Å². The van der Waals surface area contributed by atoms with Crippen LogP contribution < -0.4 is 34.9 Å². The fourth-order valence-electron chi connectivity index (χ4n) is 0.910. The van der Waals surface area contributed by atoms with Gasteiger partial charge in [0.1, 0.15) is 4.88 Å². The number of hydrogen-bond donors (Lipinski definition) is 2. The molecule has 0 aliphatic carbocycles. The van der Waals surface area contributed by atoms with Crippen LogP contribution in [0.3, 0.4) is 0 Å². The third kappa shape index (κ3) is 4.18. The molecule has 0 unspecified atom stereocenters. The third-order valence-electron chi connectivity index (χ3n) is 1.57. The van der Waals surface area contributed by atoms with Crippen LogP contribution in [0.1, 0.15) is 21.6 Å². The average Bonchev–Trinajstić information content (AvgIpc) is 2.66. The van der Waals surface area contributed by atoms with E-state index in [4.69, 9.17) is 9.84 Å². The van der Waals surface area contributed by atoms with E-state index in [1.54, 1.807) is 0 Å². The number of methoxy groups -OCH3 is 1. The van der Waals surface area contributed by atoms with E-state index < -0.39 is 11.9 Å². The minimum Gasteiger partial charge on any atom is -1.00 e. The van der Waals surface area contributed by atoms with Crippen LogP contribution >= 0.6 is 11.3 Å². The maximum atomic E-state index is 11.4. The summed E-state index contributed by atoms with van der Waals surface area (Å²) in [5, 5.41) is 11.2. The predicted octanol–water partition coefficient (Wildman–Crippen LogP) is -2.67. The summed E-state index contributed by atoms with van der Waals surface area (Å²) in [6, 6.07) is 0. The number of carbonyl (C=O) groups excluding carboxylic acids is 1. The van der Waals surface area contributed by atoms with E-state index in [0.717, 1.165) is 11.3 Å². The number of nitrogens with zero attached hydrogens (tertiary/aromatic N) is 1. The normalized spacial score (nSPS) is 9.31. The molecule has 0 radical (unpaired) electrons. The van der Waals surface area contributed by atoms with E-state index in [1.165, 1.54) is 12.6 Å². The Labute approximate surface area is 120 Å². The van der Waals surface area contributed by atoms with Crippen molar-refractivity contribution in [1.82, 2.24) is 10.3 Å². The van der Waals surface area contributed by atoms with Crippen LogP contribution in [0.15, 0.2) is 5.51 Å². The van der Waals surface area contributed by atoms with Crippen LogP contribution in [0.5, 0.6) is 0 Å². The second-order valence-electron chi connectivity index (χ2n) is 2.58. The largest absolute Gasteiger partial charge is 1.00 e. The average molecular weight is 254 g/mol. The quantitative estimate of drug-likeness (QED) is 0.442. The first-order chi connectivity index (χ1) is 7.16. The molecule has 84 valence electrons. The summed E-state index contributed by atoms with van der Waals surface area (Å²) >= 11 is 0.922. The van der Waals surface area contributed by atoms with Gasteiger partial charge in [-0.2, -0.15) is 0 Å². The van der Waals surface area contributed by atoms with Gasteiger partial charge in [0.15, 0.2) is 5.69 Å². The van der Waals surface area contributed by atoms with E-state index in [1.807, 2.05) is 0 Å². The van der Waals surface area contributed by atoms with Gasteiger partial charge in [0.05, 0.1) is 12.1 Å². The van der Waals surface area contributed by atoms with Crippen molar-refractivity contribution in [2.75, 3.05) is 20.3 Å². The van der Waals surface area contributed by atoms with Gasteiger partial charge in [-0.25, -0.2) is 9.78 Å². The van der Waals surface area contributed by atoms with Crippen molar-refractivity contribution >= 4 is 23.2 Å². The smallest absolute Gasteiger partial charge is 1.00 e. The van der Waals surface area contributed by atoms with Crippen molar-refractivity contribution in [3.05, 3.63) is 16.1 Å². The number of aromatic carboxylic acids is 1. The summed E-state index contributed by atoms with van der Waals surface area (Å²) in [4.78, 5) is 25.8. The van der Waals surface area contributed by atoms with Gasteiger partial charge in [-0.3, -0.25) is 4.79 Å². The first-order valence-corrected chi connectivity index (χ1v) is 4.98. The van der Waals surface area contributed by atoms with Crippen LogP contribution in [-0.4, -0.2) is 42.2 Å². The molecule has 2 N–H and O–H groups in total. The van der Waals surface area contributed by atoms with Gasteiger partial charge in [-0.1, -0.05) is 0 Å². The molecule has 1 aromatic heterocycles. The molecule has 0 aromatic carbocycles. The molecule has 1 rings (SSSR count). The Morgan fingerprint density at radius 2 is 2.38 bits per heavy atom. The van der Waals surface area contributed by atoms with Gasteiger partial charge in [0, 0.05) is 13.7 Å². The fraction of sp³-hybridized carbons (Fsp3) is 0.375. The molecule has 1 amide bonds. The molecule has 8 heteroatoms. The number of rotatable bonds is 5. The molecule has 0 saturated carbocycles. The molecule has 6 nitrogen and oxygen atoms in total. The van der Waals surface area contributed by atoms with E-state index in [9.17, 15) is 9.59 Å². The zero-order chi connectivity index (χ0) is 11.3. The molecule has 1 heterocycles. The summed E-state index contributed by atoms with van der Waals surface area (Å²) in [5.41, 5.74) is 1.28. The van der Waals surface area contributed by atoms with Crippen LogP contribution in [-0.2, 0) is 4.74 Å². The minimum atomic E-state index is -1.14. The zero-order valence-electron chi connectivity index (χ0n) is 10.0. The molecular weight excluding hydrogens is 243 g/mol. The number of thiazole rings is 1. The van der Waals surface area contributed by atoms with Gasteiger partial charge in [-0.05, 0) is 0 Å². The van der Waals surface area contributed by atoms with Crippen molar-refractivity contribution in [2.24, 2.45) is 0 Å². The number of carboxylic acids is 1. The number of nitrogens with one attached hydrogen (secondary N) is 1. The first-order valence-electron chi connectivity index (χ1n) is 4.10. The van der Waals surface area contributed by atoms with Crippen molar-refractivity contribution < 1.29 is 50.4 Å². The fourth-order valence-corrected chi connectivity index (χ4v) is 1.53. The Bertz CT molecular complexity index is 374. The van der Waals surface area contributed by atoms with Crippen molar-refractivity contribution in [3.8, 4) is 0 Å². The number of carbonyl (C=O) groups is 2. The van der Waals surface area contributed by atoms with Gasteiger partial charge in [0.25, 0.3) is 5.91 Å². The van der Waals surface area contributed by atoms with Gasteiger partial charge < -0.3 is 16.6 Å². The van der Waals surface area contributed by atoms with Crippen molar-refractivity contribution in [2.45, 2.75) is 0 Å². The Kier molecular flexibility index (Phi) is 7.52. The van der Waals surface area contributed by atoms with E-state index in [2.05, 4.69) is 10.3 Å². The Balaban J connectivity index is 0. The summed E-state index contributed by atoms with van der Waals surface area (Å²) in [7, 11) is 1.51. The molecule has 0 aliphatic heterocycles. The second-order valence-corrected chi connectivity index (χ2v) is 3.44. The summed E-state index contributed by atoms with van der Waals surface area (Å²) in [6.45, 7) is 0.699. The number of ether oxygens (including phenoxy) is 1. The molecule has 0 atom stereocenters. The van der Waals surface area contributed by atoms with Gasteiger partial charge in [-0.15, -0.1) is 11.3 Å². The van der Waals surface area contributed by atoms with Crippen LogP contribution in [0.2, 0.25) is 0 Å². The second kappa shape index (κ2) is 7.75. The Morgan fingerprint density at radius 3 is 2.94 bits per heavy atom. The minimum absolute atomic E-state index is 0. The van der Waals surface area contributed by atoms with Crippen LogP contribution in [0, 0.1) is 0 Å². The third-order valence-corrected chi connectivity index (χ3v) is 2.38. The number of carboxylic acid groups (broad SMARTS) is 1. The monoisotopic (exact) mass is 254 g/mol. The Hall–Kier alpha value is -0.470. The number of amides is 1. The molecule has 16 heavy (non-hydrogen) atoms. The molecule has 0 bridgehead atoms. The zero-order valence-corrected chi connectivity index (χ0v) is 11.8. The predicted molar refractivity (Wildman–Crippen MR) is 54.4 cm³/mol. The summed E-state index contributed by atoms with van der Waals surface area (Å²) < 4.78 is 4.74. The van der Waals surface area contributed by atoms with Gasteiger partial charge >= 0.3 is 35.5 Å². The number of aromatic nitrogens is 1. The standard InChI is InChI=1S/C8H10N2O4S.Na.H/c1-14-3-2-9-7(11)5-6(8(12)13)15-4-10-5;;/h4H,2-3H2,1H3,(H,9,11)(H,12,13);;/q;+1;-1. The summed E-state index contributed by atoms with van der Waals surface area (Å²) in [6.07, 6.45) is 0. The van der Waals surface area contributed by atoms with E-state index in [-0.39, 0.29) is 41.6 Å². The van der Waals surface area contributed by atoms with Crippen molar-refractivity contribution in [3.63, 3.8) is 0 Å². The maximum Gasteiger partial charge on any atom is 1.00 e. The van der Waals surface area contributed by atoms with Crippen LogP contribution in [0.25, 0.3) is 0 Å². The van der Waals surface area contributed by atoms with E-state index in [0.29, 0.717) is 13.2 Å². The molecule has 0 aliphatic rings. The number of hydrogen-bond acceptors (Lipinski definition) is 5. The molecule has 0 saturated heterocycles. The topological polar surface area (TPSA) is 88.5 Å². The van der Waals surface area contributed by atoms with E-state index >= 15 is 0 Å². The molecule has 0 spiro atoms. The Morgan fingerprint density at radius 1 is 1.69 bits per heavy atom. The SMILES string of the molecule is COCCNC(=O)c1ncsc1C(=O)O.[H-].[Na+]. The molecular formula is C8H11N2NaO4S. The summed E-state index contributed by atoms with van der Waals surface area (Å²) in [5.74, 6) is -1.64.